The summed E-state index contributed by atoms with van der Waals surface area (Å²) in [6.45, 7) is 3.43. The van der Waals surface area contributed by atoms with Crippen LogP contribution in [0.1, 0.15) is 12.5 Å². The van der Waals surface area contributed by atoms with Crippen molar-refractivity contribution in [3.63, 3.8) is 0 Å². The molecule has 0 amide bonds. The monoisotopic (exact) mass is 358 g/mol. The zero-order chi connectivity index (χ0) is 12.8. The lowest BCUT2D eigenvalue weighted by molar-refractivity contribution is -0.166. The van der Waals surface area contributed by atoms with Gasteiger partial charge in [-0.25, -0.2) is 0 Å². The number of hydrogen-bond donors (Lipinski definition) is 0. The first-order valence-electron chi connectivity index (χ1n) is 5.78. The van der Waals surface area contributed by atoms with E-state index < -0.39 is 5.79 Å². The van der Waals surface area contributed by atoms with Crippen LogP contribution >= 0.6 is 22.6 Å². The Kier molecular flexibility index (Phi) is 5.01. The van der Waals surface area contributed by atoms with Crippen LogP contribution in [-0.4, -0.2) is 25.9 Å². The van der Waals surface area contributed by atoms with Gasteiger partial charge in [-0.15, -0.1) is 0 Å². The summed E-state index contributed by atoms with van der Waals surface area (Å²) in [7, 11) is 0. The van der Waals surface area contributed by atoms with Crippen LogP contribution in [0, 0.1) is 9.85 Å². The van der Waals surface area contributed by atoms with Crippen molar-refractivity contribution < 1.29 is 14.2 Å². The molecule has 1 saturated heterocycles. The van der Waals surface area contributed by atoms with Crippen LogP contribution in [0.3, 0.4) is 0 Å². The Balaban J connectivity index is 1.88. The molecule has 1 aliphatic rings. The highest BCUT2D eigenvalue weighted by atomic mass is 127. The van der Waals surface area contributed by atoms with Crippen molar-refractivity contribution in [2.45, 2.75) is 18.8 Å². The Bertz CT molecular complexity index is 437. The smallest absolute Gasteiger partial charge is 0.192 e. The Morgan fingerprint density at radius 3 is 2.94 bits per heavy atom. The molecule has 3 nitrogen and oxygen atoms in total. The Labute approximate surface area is 121 Å². The molecule has 1 heterocycles. The molecule has 4 heteroatoms. The zero-order valence-electron chi connectivity index (χ0n) is 10.2. The van der Waals surface area contributed by atoms with Crippen molar-refractivity contribution in [2.75, 3.05) is 19.8 Å². The predicted octanol–water partition coefficient (Wildman–Crippen LogP) is 2.69. The van der Waals surface area contributed by atoms with Gasteiger partial charge in [0.05, 0.1) is 13.2 Å². The normalized spacial score (nSPS) is 26.7. The minimum atomic E-state index is -0.662. The molecule has 0 aromatic heterocycles. The molecule has 0 bridgehead atoms. The van der Waals surface area contributed by atoms with E-state index in [1.54, 1.807) is 0 Å². The van der Waals surface area contributed by atoms with Crippen LogP contribution in [0.15, 0.2) is 30.3 Å². The van der Waals surface area contributed by atoms with E-state index in [9.17, 15) is 0 Å². The van der Waals surface area contributed by atoms with E-state index in [1.807, 2.05) is 59.8 Å². The summed E-state index contributed by atoms with van der Waals surface area (Å²) >= 11 is 1.99. The van der Waals surface area contributed by atoms with Gasteiger partial charge in [0.2, 0.25) is 0 Å². The van der Waals surface area contributed by atoms with Crippen molar-refractivity contribution in [1.29, 1.82) is 0 Å². The van der Waals surface area contributed by atoms with E-state index in [0.717, 1.165) is 5.56 Å². The van der Waals surface area contributed by atoms with Gasteiger partial charge in [0.1, 0.15) is 12.7 Å². The van der Waals surface area contributed by atoms with Crippen LogP contribution < -0.4 is 0 Å². The summed E-state index contributed by atoms with van der Waals surface area (Å²) in [4.78, 5) is 0. The minimum Gasteiger partial charge on any atom is -0.366 e. The summed E-state index contributed by atoms with van der Waals surface area (Å²) in [6, 6.07) is 9.95. The third kappa shape index (κ3) is 3.45. The second kappa shape index (κ2) is 6.53. The molecule has 1 aromatic rings. The maximum Gasteiger partial charge on any atom is 0.192 e. The molecule has 0 aliphatic carbocycles. The molecular weight excluding hydrogens is 343 g/mol. The average Bonchev–Trinajstić information content (AvgIpc) is 2.79. The minimum absolute atomic E-state index is 0.0359. The first-order valence-corrected chi connectivity index (χ1v) is 6.86. The van der Waals surface area contributed by atoms with Crippen molar-refractivity contribution in [1.82, 2.24) is 0 Å². The molecule has 2 rings (SSSR count). The van der Waals surface area contributed by atoms with Crippen molar-refractivity contribution >= 4 is 22.6 Å². The zero-order valence-corrected chi connectivity index (χ0v) is 12.3. The first kappa shape index (κ1) is 13.8. The number of benzene rings is 1. The second-order valence-electron chi connectivity index (χ2n) is 4.15. The highest BCUT2D eigenvalue weighted by molar-refractivity contribution is 14.1. The van der Waals surface area contributed by atoms with E-state index in [0.29, 0.717) is 19.8 Å². The van der Waals surface area contributed by atoms with Gasteiger partial charge in [0, 0.05) is 28.2 Å². The van der Waals surface area contributed by atoms with Crippen LogP contribution in [0.4, 0.5) is 0 Å². The van der Waals surface area contributed by atoms with Crippen LogP contribution in [0.25, 0.3) is 0 Å². The van der Waals surface area contributed by atoms with Gasteiger partial charge in [0.15, 0.2) is 5.79 Å². The fraction of sp³-hybridized carbons (Fsp3) is 0.429. The fourth-order valence-corrected chi connectivity index (χ4v) is 2.04. The maximum absolute atomic E-state index is 5.92. The van der Waals surface area contributed by atoms with Gasteiger partial charge in [-0.3, -0.25) is 0 Å². The van der Waals surface area contributed by atoms with Gasteiger partial charge in [-0.1, -0.05) is 36.3 Å². The summed E-state index contributed by atoms with van der Waals surface area (Å²) in [5.41, 5.74) is 1.03. The predicted molar refractivity (Wildman–Crippen MR) is 77.2 cm³/mol. The van der Waals surface area contributed by atoms with Crippen molar-refractivity contribution in [2.24, 2.45) is 0 Å². The lowest BCUT2D eigenvalue weighted by Gasteiger charge is -2.23. The van der Waals surface area contributed by atoms with Crippen LogP contribution in [-0.2, 0) is 20.0 Å². The Hall–Kier alpha value is -0.610. The van der Waals surface area contributed by atoms with Crippen LogP contribution in [0.2, 0.25) is 0 Å². The van der Waals surface area contributed by atoms with Gasteiger partial charge in [-0.05, 0) is 10.9 Å². The van der Waals surface area contributed by atoms with E-state index in [-0.39, 0.29) is 6.10 Å². The number of hydrogen-bond acceptors (Lipinski definition) is 3. The third-order valence-corrected chi connectivity index (χ3v) is 3.16. The van der Waals surface area contributed by atoms with Gasteiger partial charge in [-0.2, -0.15) is 0 Å². The lowest BCUT2D eigenvalue weighted by atomic mass is 10.1. The average molecular weight is 358 g/mol. The lowest BCUT2D eigenvalue weighted by Crippen LogP contribution is -2.25. The van der Waals surface area contributed by atoms with Gasteiger partial charge >= 0.3 is 0 Å². The number of rotatable bonds is 4. The molecule has 0 N–H and O–H groups in total. The molecular formula is C14H15IO3. The highest BCUT2D eigenvalue weighted by Gasteiger charge is 2.38. The van der Waals surface area contributed by atoms with Crippen LogP contribution in [0.5, 0.6) is 0 Å². The Morgan fingerprint density at radius 2 is 2.22 bits per heavy atom. The second-order valence-corrected chi connectivity index (χ2v) is 4.69. The first-order chi connectivity index (χ1) is 8.74. The third-order valence-electron chi connectivity index (χ3n) is 2.78. The van der Waals surface area contributed by atoms with Crippen molar-refractivity contribution in [3.05, 3.63) is 35.9 Å². The molecule has 2 unspecified atom stereocenters. The summed E-state index contributed by atoms with van der Waals surface area (Å²) in [5, 5.41) is 0. The van der Waals surface area contributed by atoms with E-state index in [1.165, 1.54) is 0 Å². The number of ether oxygens (including phenoxy) is 3. The summed E-state index contributed by atoms with van der Waals surface area (Å²) in [5.74, 6) is 2.18. The molecule has 0 saturated carbocycles. The highest BCUT2D eigenvalue weighted by Crippen LogP contribution is 2.33. The summed E-state index contributed by atoms with van der Waals surface area (Å²) < 4.78 is 19.8. The largest absolute Gasteiger partial charge is 0.366 e. The maximum atomic E-state index is 5.92. The molecule has 0 radical (unpaired) electrons. The summed E-state index contributed by atoms with van der Waals surface area (Å²) in [6.07, 6.45) is -0.0359. The molecule has 18 heavy (non-hydrogen) atoms. The molecule has 96 valence electrons. The molecule has 1 aromatic carbocycles. The van der Waals surface area contributed by atoms with E-state index in [4.69, 9.17) is 14.2 Å². The topological polar surface area (TPSA) is 27.7 Å². The van der Waals surface area contributed by atoms with E-state index >= 15 is 0 Å². The Morgan fingerprint density at radius 1 is 1.44 bits per heavy atom. The standard InChI is InChI=1S/C14H15IO3/c1-14(12-6-3-2-4-7-12)17-11-13(18-14)10-16-9-5-8-15/h2-4,6-7,13H,9-11H2,1H3. The van der Waals surface area contributed by atoms with Gasteiger partial charge in [0.25, 0.3) is 0 Å². The molecule has 2 atom stereocenters. The molecule has 1 fully saturated rings. The van der Waals surface area contributed by atoms with E-state index in [2.05, 4.69) is 9.85 Å². The van der Waals surface area contributed by atoms with Gasteiger partial charge < -0.3 is 14.2 Å². The van der Waals surface area contributed by atoms with Crippen molar-refractivity contribution in [3.8, 4) is 9.85 Å². The fourth-order valence-electron chi connectivity index (χ4n) is 1.88. The number of halogens is 1. The molecule has 1 aliphatic heterocycles. The molecule has 0 spiro atoms. The SMILES string of the molecule is CC1(c2ccccc2)OCC(COCC#CI)O1. The quantitative estimate of drug-likeness (QED) is 0.471.